The number of ether oxygens (including phenoxy) is 1. The maximum Gasteiger partial charge on any atom is 0.260 e. The summed E-state index contributed by atoms with van der Waals surface area (Å²) in [6, 6.07) is 5.05. The second kappa shape index (κ2) is 7.46. The van der Waals surface area contributed by atoms with Crippen LogP contribution in [0.5, 0.6) is 5.75 Å². The van der Waals surface area contributed by atoms with Crippen molar-refractivity contribution in [2.24, 2.45) is 0 Å². The second-order valence-electron chi connectivity index (χ2n) is 3.71. The van der Waals surface area contributed by atoms with E-state index in [0.717, 1.165) is 0 Å². The Morgan fingerprint density at radius 1 is 1.39 bits per heavy atom. The molecule has 1 amide bonds. The molecule has 18 heavy (non-hydrogen) atoms. The number of carbonyl (C=O) groups excluding carboxylic acids is 1. The fraction of sp³-hybridized carbons (Fsp3) is 0.417. The van der Waals surface area contributed by atoms with E-state index in [2.05, 4.69) is 10.6 Å². The molecule has 100 valence electrons. The Morgan fingerprint density at radius 3 is 2.78 bits per heavy atom. The minimum atomic E-state index is -0.627. The van der Waals surface area contributed by atoms with Crippen LogP contribution < -0.4 is 15.4 Å². The Morgan fingerprint density at radius 2 is 2.11 bits per heavy atom. The predicted octanol–water partition coefficient (Wildman–Crippen LogP) is 2.10. The first-order valence-electron chi connectivity index (χ1n) is 5.59. The van der Waals surface area contributed by atoms with Crippen LogP contribution in [0.2, 0.25) is 10.0 Å². The van der Waals surface area contributed by atoms with Gasteiger partial charge in [-0.3, -0.25) is 4.79 Å². The molecule has 1 aromatic carbocycles. The van der Waals surface area contributed by atoms with Crippen LogP contribution in [0.25, 0.3) is 0 Å². The fourth-order valence-corrected chi connectivity index (χ4v) is 1.61. The van der Waals surface area contributed by atoms with Crippen LogP contribution in [0.3, 0.4) is 0 Å². The Balaban J connectivity index is 2.56. The maximum atomic E-state index is 11.7. The van der Waals surface area contributed by atoms with Crippen molar-refractivity contribution in [1.82, 2.24) is 10.6 Å². The van der Waals surface area contributed by atoms with Crippen molar-refractivity contribution in [3.8, 4) is 5.75 Å². The van der Waals surface area contributed by atoms with Gasteiger partial charge in [-0.25, -0.2) is 0 Å². The third-order valence-electron chi connectivity index (χ3n) is 2.26. The van der Waals surface area contributed by atoms with Gasteiger partial charge in [0, 0.05) is 13.1 Å². The summed E-state index contributed by atoms with van der Waals surface area (Å²) in [6.45, 7) is 2.91. The van der Waals surface area contributed by atoms with Crippen LogP contribution in [0.15, 0.2) is 18.2 Å². The van der Waals surface area contributed by atoms with Gasteiger partial charge in [-0.2, -0.15) is 0 Å². The third-order valence-corrected chi connectivity index (χ3v) is 3.06. The van der Waals surface area contributed by atoms with Crippen LogP contribution >= 0.6 is 23.2 Å². The first-order valence-corrected chi connectivity index (χ1v) is 6.34. The summed E-state index contributed by atoms with van der Waals surface area (Å²) in [6.07, 6.45) is -0.627. The number of amides is 1. The number of hydrogen-bond donors (Lipinski definition) is 2. The van der Waals surface area contributed by atoms with E-state index >= 15 is 0 Å². The van der Waals surface area contributed by atoms with Crippen molar-refractivity contribution in [3.05, 3.63) is 28.2 Å². The van der Waals surface area contributed by atoms with Crippen LogP contribution in [-0.2, 0) is 4.79 Å². The van der Waals surface area contributed by atoms with Crippen molar-refractivity contribution in [3.63, 3.8) is 0 Å². The number of rotatable bonds is 6. The summed E-state index contributed by atoms with van der Waals surface area (Å²) in [5.74, 6) is 0.210. The largest absolute Gasteiger partial charge is 0.479 e. The van der Waals surface area contributed by atoms with E-state index in [1.807, 2.05) is 7.05 Å². The molecule has 0 aromatic heterocycles. The average Bonchev–Trinajstić information content (AvgIpc) is 2.35. The second-order valence-corrected chi connectivity index (χ2v) is 4.49. The molecule has 6 heteroatoms. The van der Waals surface area contributed by atoms with Crippen molar-refractivity contribution in [1.29, 1.82) is 0 Å². The van der Waals surface area contributed by atoms with E-state index in [1.54, 1.807) is 25.1 Å². The lowest BCUT2D eigenvalue weighted by atomic mass is 10.3. The molecule has 4 nitrogen and oxygen atoms in total. The SMILES string of the molecule is CNCCNC(=O)C(C)Oc1cccc(Cl)c1Cl. The van der Waals surface area contributed by atoms with Gasteiger partial charge in [0.05, 0.1) is 5.02 Å². The monoisotopic (exact) mass is 290 g/mol. The molecule has 0 heterocycles. The van der Waals surface area contributed by atoms with Gasteiger partial charge in [-0.05, 0) is 26.1 Å². The topological polar surface area (TPSA) is 50.4 Å². The number of benzene rings is 1. The zero-order chi connectivity index (χ0) is 13.5. The Kier molecular flexibility index (Phi) is 6.25. The van der Waals surface area contributed by atoms with Gasteiger partial charge in [0.25, 0.3) is 5.91 Å². The molecule has 0 aliphatic rings. The van der Waals surface area contributed by atoms with E-state index in [1.165, 1.54) is 0 Å². The van der Waals surface area contributed by atoms with Crippen molar-refractivity contribution < 1.29 is 9.53 Å². The number of hydrogen-bond acceptors (Lipinski definition) is 3. The van der Waals surface area contributed by atoms with Gasteiger partial charge in [0.15, 0.2) is 6.10 Å². The molecule has 2 N–H and O–H groups in total. The fourth-order valence-electron chi connectivity index (χ4n) is 1.27. The summed E-state index contributed by atoms with van der Waals surface area (Å²) in [7, 11) is 1.82. The van der Waals surface area contributed by atoms with Crippen molar-refractivity contribution in [2.75, 3.05) is 20.1 Å². The summed E-state index contributed by atoms with van der Waals surface area (Å²) in [5.41, 5.74) is 0. The molecule has 0 saturated carbocycles. The molecule has 1 unspecified atom stereocenters. The molecule has 1 aromatic rings. The first kappa shape index (κ1) is 15.1. The van der Waals surface area contributed by atoms with Crippen molar-refractivity contribution >= 4 is 29.1 Å². The highest BCUT2D eigenvalue weighted by Crippen LogP contribution is 2.31. The normalized spacial score (nSPS) is 12.0. The van der Waals surface area contributed by atoms with E-state index in [0.29, 0.717) is 28.9 Å². The Labute approximate surface area is 117 Å². The lowest BCUT2D eigenvalue weighted by Crippen LogP contribution is -2.39. The van der Waals surface area contributed by atoms with Crippen LogP contribution in [0, 0.1) is 0 Å². The van der Waals surface area contributed by atoms with Crippen LogP contribution in [-0.4, -0.2) is 32.1 Å². The van der Waals surface area contributed by atoms with Crippen LogP contribution in [0.4, 0.5) is 0 Å². The minimum absolute atomic E-state index is 0.193. The summed E-state index contributed by atoms with van der Waals surface area (Å²) in [4.78, 5) is 11.7. The number of carbonyl (C=O) groups is 1. The zero-order valence-electron chi connectivity index (χ0n) is 10.3. The smallest absolute Gasteiger partial charge is 0.260 e. The number of nitrogens with one attached hydrogen (secondary N) is 2. The van der Waals surface area contributed by atoms with E-state index in [4.69, 9.17) is 27.9 Å². The molecule has 0 spiro atoms. The van der Waals surface area contributed by atoms with Crippen LogP contribution in [0.1, 0.15) is 6.92 Å². The van der Waals surface area contributed by atoms with Gasteiger partial charge in [-0.15, -0.1) is 0 Å². The molecule has 0 bridgehead atoms. The van der Waals surface area contributed by atoms with E-state index < -0.39 is 6.10 Å². The Bertz CT molecular complexity index is 413. The minimum Gasteiger partial charge on any atom is -0.479 e. The van der Waals surface area contributed by atoms with Crippen molar-refractivity contribution in [2.45, 2.75) is 13.0 Å². The predicted molar refractivity (Wildman–Crippen MR) is 73.5 cm³/mol. The van der Waals surface area contributed by atoms with E-state index in [9.17, 15) is 4.79 Å². The molecule has 1 atom stereocenters. The molecule has 0 aliphatic heterocycles. The summed E-state index contributed by atoms with van der Waals surface area (Å²) < 4.78 is 5.47. The standard InChI is InChI=1S/C12H16Cl2N2O2/c1-8(12(17)16-7-6-15-2)18-10-5-3-4-9(13)11(10)14/h3-5,8,15H,6-7H2,1-2H3,(H,16,17). The van der Waals surface area contributed by atoms with Gasteiger partial charge < -0.3 is 15.4 Å². The lowest BCUT2D eigenvalue weighted by Gasteiger charge is -2.15. The molecule has 0 saturated heterocycles. The molecule has 0 fully saturated rings. The van der Waals surface area contributed by atoms with Gasteiger partial charge in [-0.1, -0.05) is 29.3 Å². The Hall–Kier alpha value is -0.970. The first-order chi connectivity index (χ1) is 8.56. The van der Waals surface area contributed by atoms with E-state index in [-0.39, 0.29) is 5.91 Å². The highest BCUT2D eigenvalue weighted by molar-refractivity contribution is 6.42. The summed E-state index contributed by atoms with van der Waals surface area (Å²) in [5, 5.41) is 6.38. The number of halogens is 2. The molecule has 1 rings (SSSR count). The zero-order valence-corrected chi connectivity index (χ0v) is 11.8. The number of likely N-dealkylation sites (N-methyl/N-ethyl adjacent to an activating group) is 1. The average molecular weight is 291 g/mol. The molecule has 0 aliphatic carbocycles. The maximum absolute atomic E-state index is 11.7. The molecular weight excluding hydrogens is 275 g/mol. The lowest BCUT2D eigenvalue weighted by molar-refractivity contribution is -0.127. The van der Waals surface area contributed by atoms with Gasteiger partial charge >= 0.3 is 0 Å². The third kappa shape index (κ3) is 4.37. The molecule has 0 radical (unpaired) electrons. The van der Waals surface area contributed by atoms with Gasteiger partial charge in [0.1, 0.15) is 10.8 Å². The molecular formula is C12H16Cl2N2O2. The van der Waals surface area contributed by atoms with Gasteiger partial charge in [0.2, 0.25) is 0 Å². The highest BCUT2D eigenvalue weighted by atomic mass is 35.5. The quantitative estimate of drug-likeness (QED) is 0.789. The highest BCUT2D eigenvalue weighted by Gasteiger charge is 2.16. The summed E-state index contributed by atoms with van der Waals surface area (Å²) >= 11 is 11.8.